The first kappa shape index (κ1) is 10.1. The molecule has 0 amide bonds. The van der Waals surface area contributed by atoms with Gasteiger partial charge in [-0.15, -0.1) is 0 Å². The predicted molar refractivity (Wildman–Crippen MR) is 56.3 cm³/mol. The van der Waals surface area contributed by atoms with Gasteiger partial charge in [-0.05, 0) is 30.4 Å². The Balaban J connectivity index is 3.27. The van der Waals surface area contributed by atoms with Gasteiger partial charge in [0.25, 0.3) is 0 Å². The number of hydrogen-bond donors (Lipinski definition) is 1. The minimum atomic E-state index is 0.394. The third kappa shape index (κ3) is 2.03. The predicted octanol–water partition coefficient (Wildman–Crippen LogP) is 3.39. The van der Waals surface area contributed by atoms with E-state index < -0.39 is 0 Å². The zero-order chi connectivity index (χ0) is 10.0. The van der Waals surface area contributed by atoms with Gasteiger partial charge < -0.3 is 5.11 Å². The van der Waals surface area contributed by atoms with Crippen molar-refractivity contribution in [2.75, 3.05) is 0 Å². The lowest BCUT2D eigenvalue weighted by atomic mass is 9.96. The van der Waals surface area contributed by atoms with Gasteiger partial charge in [-0.1, -0.05) is 38.5 Å². The van der Waals surface area contributed by atoms with Gasteiger partial charge in [0.15, 0.2) is 0 Å². The van der Waals surface area contributed by atoms with Crippen molar-refractivity contribution in [3.63, 3.8) is 0 Å². The lowest BCUT2D eigenvalue weighted by Crippen LogP contribution is -1.93. The van der Waals surface area contributed by atoms with E-state index in [1.165, 1.54) is 5.56 Å². The average Bonchev–Trinajstić information content (AvgIpc) is 2.08. The van der Waals surface area contributed by atoms with Gasteiger partial charge in [-0.25, -0.2) is 0 Å². The molecule has 1 nitrogen and oxygen atoms in total. The fraction of sp³-hybridized carbons (Fsp3) is 0.500. The normalized spacial score (nSPS) is 10.8. The molecule has 1 aromatic carbocycles. The van der Waals surface area contributed by atoms with E-state index >= 15 is 0 Å². The highest BCUT2D eigenvalue weighted by atomic mass is 16.3. The smallest absolute Gasteiger partial charge is 0.122 e. The summed E-state index contributed by atoms with van der Waals surface area (Å²) in [5.41, 5.74) is 3.36. The molecule has 13 heavy (non-hydrogen) atoms. The monoisotopic (exact) mass is 178 g/mol. The van der Waals surface area contributed by atoms with Crippen LogP contribution < -0.4 is 0 Å². The van der Waals surface area contributed by atoms with Gasteiger partial charge in [0.05, 0.1) is 0 Å². The lowest BCUT2D eigenvalue weighted by Gasteiger charge is -2.12. The second-order valence-corrected chi connectivity index (χ2v) is 3.87. The number of aryl methyl sites for hydroxylation is 2. The SMILES string of the molecule is CCc1cc(C)cc(C(C)C)c1O. The fourth-order valence-electron chi connectivity index (χ4n) is 1.59. The molecule has 0 fully saturated rings. The van der Waals surface area contributed by atoms with Crippen LogP contribution in [0.5, 0.6) is 5.75 Å². The van der Waals surface area contributed by atoms with Crippen LogP contribution >= 0.6 is 0 Å². The van der Waals surface area contributed by atoms with E-state index in [0.717, 1.165) is 17.5 Å². The summed E-state index contributed by atoms with van der Waals surface area (Å²) in [4.78, 5) is 0. The second-order valence-electron chi connectivity index (χ2n) is 3.87. The molecule has 1 rings (SSSR count). The molecular formula is C12H18O. The highest BCUT2D eigenvalue weighted by molar-refractivity contribution is 5.44. The van der Waals surface area contributed by atoms with Crippen LogP contribution in [-0.4, -0.2) is 5.11 Å². The van der Waals surface area contributed by atoms with Crippen molar-refractivity contribution in [2.45, 2.75) is 40.0 Å². The number of aromatic hydroxyl groups is 1. The highest BCUT2D eigenvalue weighted by Crippen LogP contribution is 2.30. The van der Waals surface area contributed by atoms with Crippen molar-refractivity contribution in [3.8, 4) is 5.75 Å². The zero-order valence-electron chi connectivity index (χ0n) is 8.89. The maximum Gasteiger partial charge on any atom is 0.122 e. The number of phenols is 1. The molecule has 1 aromatic rings. The topological polar surface area (TPSA) is 20.2 Å². The third-order valence-electron chi connectivity index (χ3n) is 2.37. The number of benzene rings is 1. The molecule has 0 aliphatic heterocycles. The first-order chi connectivity index (χ1) is 6.06. The van der Waals surface area contributed by atoms with E-state index in [1.54, 1.807) is 0 Å². The fourth-order valence-corrected chi connectivity index (χ4v) is 1.59. The Kier molecular flexibility index (Phi) is 2.97. The molecule has 0 saturated heterocycles. The Hall–Kier alpha value is -0.980. The quantitative estimate of drug-likeness (QED) is 0.736. The van der Waals surface area contributed by atoms with Crippen LogP contribution in [0.4, 0.5) is 0 Å². The molecule has 72 valence electrons. The van der Waals surface area contributed by atoms with Gasteiger partial charge in [-0.2, -0.15) is 0 Å². The summed E-state index contributed by atoms with van der Waals surface area (Å²) in [7, 11) is 0. The highest BCUT2D eigenvalue weighted by Gasteiger charge is 2.09. The van der Waals surface area contributed by atoms with E-state index in [4.69, 9.17) is 0 Å². The molecule has 0 aromatic heterocycles. The van der Waals surface area contributed by atoms with E-state index in [9.17, 15) is 5.11 Å². The summed E-state index contributed by atoms with van der Waals surface area (Å²) in [6.45, 7) is 8.35. The third-order valence-corrected chi connectivity index (χ3v) is 2.37. The van der Waals surface area contributed by atoms with Crippen LogP contribution in [0.1, 0.15) is 43.4 Å². The molecule has 0 saturated carbocycles. The molecule has 1 N–H and O–H groups in total. The van der Waals surface area contributed by atoms with Crippen LogP contribution in [0, 0.1) is 6.92 Å². The first-order valence-corrected chi connectivity index (χ1v) is 4.88. The average molecular weight is 178 g/mol. The van der Waals surface area contributed by atoms with Crippen LogP contribution in [0.25, 0.3) is 0 Å². The number of hydrogen-bond acceptors (Lipinski definition) is 1. The second kappa shape index (κ2) is 3.82. The van der Waals surface area contributed by atoms with Gasteiger partial charge in [-0.3, -0.25) is 0 Å². The number of phenolic OH excluding ortho intramolecular Hbond substituents is 1. The van der Waals surface area contributed by atoms with Crippen molar-refractivity contribution < 1.29 is 5.11 Å². The Labute approximate surface area is 80.4 Å². The molecule has 0 aliphatic rings. The maximum absolute atomic E-state index is 9.88. The summed E-state index contributed by atoms with van der Waals surface area (Å²) in [5, 5.41) is 9.88. The van der Waals surface area contributed by atoms with E-state index in [2.05, 4.69) is 39.8 Å². The molecule has 0 spiro atoms. The lowest BCUT2D eigenvalue weighted by molar-refractivity contribution is 0.458. The standard InChI is InChI=1S/C12H18O/c1-5-10-6-9(4)7-11(8(2)3)12(10)13/h6-8,13H,5H2,1-4H3. The first-order valence-electron chi connectivity index (χ1n) is 4.88. The summed E-state index contributed by atoms with van der Waals surface area (Å²) < 4.78 is 0. The van der Waals surface area contributed by atoms with Gasteiger partial charge >= 0.3 is 0 Å². The Bertz CT molecular complexity index is 300. The summed E-state index contributed by atoms with van der Waals surface area (Å²) in [6.07, 6.45) is 0.896. The summed E-state index contributed by atoms with van der Waals surface area (Å²) in [5.74, 6) is 0.883. The van der Waals surface area contributed by atoms with Crippen molar-refractivity contribution in [3.05, 3.63) is 28.8 Å². The summed E-state index contributed by atoms with van der Waals surface area (Å²) >= 11 is 0. The van der Waals surface area contributed by atoms with Crippen molar-refractivity contribution in [1.29, 1.82) is 0 Å². The molecule has 0 radical (unpaired) electrons. The zero-order valence-corrected chi connectivity index (χ0v) is 8.89. The minimum Gasteiger partial charge on any atom is -0.507 e. The Morgan fingerprint density at radius 3 is 2.38 bits per heavy atom. The van der Waals surface area contributed by atoms with Crippen molar-refractivity contribution in [2.24, 2.45) is 0 Å². The van der Waals surface area contributed by atoms with Crippen LogP contribution in [0.2, 0.25) is 0 Å². The molecule has 0 bridgehead atoms. The van der Waals surface area contributed by atoms with Gasteiger partial charge in [0, 0.05) is 0 Å². The summed E-state index contributed by atoms with van der Waals surface area (Å²) in [6, 6.07) is 4.13. The molecule has 0 heterocycles. The molecule has 1 heteroatoms. The van der Waals surface area contributed by atoms with Crippen molar-refractivity contribution in [1.82, 2.24) is 0 Å². The maximum atomic E-state index is 9.88. The van der Waals surface area contributed by atoms with Crippen LogP contribution in [0.3, 0.4) is 0 Å². The van der Waals surface area contributed by atoms with Crippen LogP contribution in [0.15, 0.2) is 12.1 Å². The van der Waals surface area contributed by atoms with E-state index in [-0.39, 0.29) is 0 Å². The molecule has 0 unspecified atom stereocenters. The Morgan fingerprint density at radius 1 is 1.31 bits per heavy atom. The van der Waals surface area contributed by atoms with Gasteiger partial charge in [0.2, 0.25) is 0 Å². The van der Waals surface area contributed by atoms with Crippen molar-refractivity contribution >= 4 is 0 Å². The molecular weight excluding hydrogens is 160 g/mol. The Morgan fingerprint density at radius 2 is 1.92 bits per heavy atom. The van der Waals surface area contributed by atoms with E-state index in [0.29, 0.717) is 11.7 Å². The minimum absolute atomic E-state index is 0.394. The van der Waals surface area contributed by atoms with Gasteiger partial charge in [0.1, 0.15) is 5.75 Å². The van der Waals surface area contributed by atoms with Crippen LogP contribution in [-0.2, 0) is 6.42 Å². The number of rotatable bonds is 2. The molecule has 0 atom stereocenters. The molecule has 0 aliphatic carbocycles. The van der Waals surface area contributed by atoms with E-state index in [1.807, 2.05) is 0 Å². The largest absolute Gasteiger partial charge is 0.507 e.